The number of phosphoric acid groups is 2. The summed E-state index contributed by atoms with van der Waals surface area (Å²) in [7, 11) is -3.92. The molecule has 0 spiro atoms. The molecule has 2 aromatic heterocycles. The second-order valence-corrected chi connectivity index (χ2v) is 21.3. The average Bonchev–Trinajstić information content (AvgIpc) is 4.05. The summed E-state index contributed by atoms with van der Waals surface area (Å²) in [5, 5.41) is 11.1. The first-order valence-corrected chi connectivity index (χ1v) is 27.0. The van der Waals surface area contributed by atoms with Crippen molar-refractivity contribution in [2.45, 2.75) is 75.6 Å². The molecule has 0 amide bonds. The summed E-state index contributed by atoms with van der Waals surface area (Å²) in [5.74, 6) is 1.18. The molecule has 24 nitrogen and oxygen atoms in total. The third kappa shape index (κ3) is 12.9. The SMILES string of the molecule is COc1ccc(C(OC[C@H]2O[C@@H](n3cc(C)c(=O)[nH]c3=O)C[C@@H]2OP(=O)(OC)OC[C@H]2O[C@@H](n3cc(C)c(=O)[nH]c3=O)C[C@@H]2OP(=O)(OC)OCCc2ccc([N+](=O)[O-])cc2)(c2ccccc2)c2ccc(OC)cc2)cc1. The molecular weight excluding hydrogens is 1050 g/mol. The number of rotatable bonds is 24. The van der Waals surface area contributed by atoms with E-state index in [9.17, 15) is 38.4 Å². The Morgan fingerprint density at radius 2 is 1.09 bits per heavy atom. The van der Waals surface area contributed by atoms with Gasteiger partial charge >= 0.3 is 27.0 Å². The zero-order chi connectivity index (χ0) is 55.1. The minimum Gasteiger partial charge on any atom is -0.497 e. The number of nitro groups is 1. The highest BCUT2D eigenvalue weighted by molar-refractivity contribution is 7.48. The molecule has 2 aliphatic rings. The minimum absolute atomic E-state index is 0.117. The molecule has 8 rings (SSSR count). The van der Waals surface area contributed by atoms with Crippen molar-refractivity contribution in [2.24, 2.45) is 0 Å². The molecule has 0 saturated carbocycles. The number of methoxy groups -OCH3 is 2. The van der Waals surface area contributed by atoms with Crippen LogP contribution >= 0.6 is 15.6 Å². The summed E-state index contributed by atoms with van der Waals surface area (Å²) >= 11 is 0. The zero-order valence-electron chi connectivity index (χ0n) is 42.7. The fourth-order valence-electron chi connectivity index (χ4n) is 8.95. The van der Waals surface area contributed by atoms with Gasteiger partial charge in [0, 0.05) is 62.7 Å². The molecule has 0 aliphatic carbocycles. The number of nitro benzene ring substituents is 1. The first kappa shape index (κ1) is 56.5. The summed E-state index contributed by atoms with van der Waals surface area (Å²) in [5.41, 5.74) is -1.27. The van der Waals surface area contributed by atoms with Crippen LogP contribution in [0.15, 0.2) is 135 Å². The van der Waals surface area contributed by atoms with E-state index in [1.807, 2.05) is 54.6 Å². The number of hydrogen-bond donors (Lipinski definition) is 2. The third-order valence-corrected chi connectivity index (χ3v) is 16.0. The Balaban J connectivity index is 1.09. The topological polar surface area (TPSA) is 289 Å². The van der Waals surface area contributed by atoms with Gasteiger partial charge in [0.15, 0.2) is 0 Å². The van der Waals surface area contributed by atoms with Gasteiger partial charge in [-0.3, -0.25) is 65.9 Å². The fourth-order valence-corrected chi connectivity index (χ4v) is 11.2. The molecule has 2 saturated heterocycles. The number of aryl methyl sites for hydroxylation is 2. The monoisotopic (exact) mass is 1110 g/mol. The fraction of sp³-hybridized carbons (Fsp3) is 0.373. The number of aromatic nitrogens is 4. The number of aromatic amines is 2. The Morgan fingerprint density at radius 1 is 0.636 bits per heavy atom. The second-order valence-electron chi connectivity index (χ2n) is 17.9. The summed E-state index contributed by atoms with van der Waals surface area (Å²) in [6.45, 7) is 1.83. The average molecular weight is 1110 g/mol. The Kier molecular flexibility index (Phi) is 17.9. The first-order chi connectivity index (χ1) is 36.9. The van der Waals surface area contributed by atoms with Crippen molar-refractivity contribution in [1.82, 2.24) is 19.1 Å². The van der Waals surface area contributed by atoms with Crippen LogP contribution in [0.2, 0.25) is 0 Å². The Labute approximate surface area is 440 Å². The van der Waals surface area contributed by atoms with Crippen LogP contribution in [0.1, 0.15) is 58.7 Å². The van der Waals surface area contributed by atoms with Crippen LogP contribution in [-0.2, 0) is 62.5 Å². The van der Waals surface area contributed by atoms with Crippen molar-refractivity contribution < 1.29 is 64.9 Å². The van der Waals surface area contributed by atoms with E-state index < -0.39 is 92.1 Å². The van der Waals surface area contributed by atoms with E-state index in [1.165, 1.54) is 55.1 Å². The number of nitrogens with zero attached hydrogens (tertiary/aromatic N) is 3. The number of ether oxygens (including phenoxy) is 5. The van der Waals surface area contributed by atoms with Crippen molar-refractivity contribution in [3.8, 4) is 11.5 Å². The normalized spacial score (nSPS) is 21.1. The maximum atomic E-state index is 14.9. The van der Waals surface area contributed by atoms with Gasteiger partial charge < -0.3 is 23.7 Å². The van der Waals surface area contributed by atoms with Gasteiger partial charge in [0.1, 0.15) is 54.0 Å². The van der Waals surface area contributed by atoms with E-state index in [0.717, 1.165) is 18.8 Å². The summed E-state index contributed by atoms with van der Waals surface area (Å²) in [6.07, 6.45) is -4.83. The quantitative estimate of drug-likeness (QED) is 0.0274. The third-order valence-electron chi connectivity index (χ3n) is 13.1. The van der Waals surface area contributed by atoms with E-state index in [0.29, 0.717) is 33.8 Å². The van der Waals surface area contributed by atoms with Crippen LogP contribution in [0.25, 0.3) is 0 Å². The maximum absolute atomic E-state index is 14.9. The second kappa shape index (κ2) is 24.3. The van der Waals surface area contributed by atoms with Crippen molar-refractivity contribution in [2.75, 3.05) is 48.3 Å². The smallest absolute Gasteiger partial charge is 0.474 e. The first-order valence-electron chi connectivity index (χ1n) is 24.0. The van der Waals surface area contributed by atoms with Crippen LogP contribution in [0.3, 0.4) is 0 Å². The largest absolute Gasteiger partial charge is 0.497 e. The van der Waals surface area contributed by atoms with Gasteiger partial charge in [0.05, 0.1) is 39.0 Å². The van der Waals surface area contributed by atoms with E-state index in [2.05, 4.69) is 9.97 Å². The highest BCUT2D eigenvalue weighted by Gasteiger charge is 2.48. The summed E-state index contributed by atoms with van der Waals surface area (Å²) in [4.78, 5) is 66.4. The molecule has 2 N–H and O–H groups in total. The molecule has 2 unspecified atom stereocenters. The number of hydrogen-bond acceptors (Lipinski definition) is 19. The standard InChI is InChI=1S/C51H57N5O19P2/c1-32-28-54(49(59)52-47(32)57)45-26-41(43(72-45)30-69-51(35-10-8-7-9-11-35,36-14-20-39(65-3)21-15-36)37-16-22-40(66-4)23-17-37)75-77(64,68-6)71-31-44-42(27-46(73-44)55-29-33(2)48(58)53-50(55)60)74-76(63,67-5)70-25-24-34-12-18-38(19-13-34)56(61)62/h7-23,28-29,41-46H,24-27,30-31H2,1-6H3,(H,52,57,59)(H,53,58,60)/t41-,42-,43+,44+,45+,46+,76?,77?/m0/s1. The van der Waals surface area contributed by atoms with Crippen molar-refractivity contribution in [1.29, 1.82) is 0 Å². The number of phosphoric ester groups is 2. The lowest BCUT2D eigenvalue weighted by Crippen LogP contribution is -2.38. The molecule has 0 radical (unpaired) electrons. The number of H-pyrrole nitrogens is 2. The Morgan fingerprint density at radius 3 is 1.55 bits per heavy atom. The van der Waals surface area contributed by atoms with Crippen molar-refractivity contribution in [3.05, 3.63) is 201 Å². The van der Waals surface area contributed by atoms with Gasteiger partial charge in [-0.2, -0.15) is 0 Å². The van der Waals surface area contributed by atoms with E-state index in [-0.39, 0.29) is 49.3 Å². The van der Waals surface area contributed by atoms with Gasteiger partial charge in [0.25, 0.3) is 16.8 Å². The molecule has 0 bridgehead atoms. The Bertz CT molecular complexity index is 3300. The van der Waals surface area contributed by atoms with Crippen LogP contribution in [0, 0.1) is 24.0 Å². The van der Waals surface area contributed by atoms with Crippen LogP contribution < -0.4 is 32.0 Å². The summed E-state index contributed by atoms with van der Waals surface area (Å²) < 4.78 is 96.8. The minimum atomic E-state index is -4.74. The summed E-state index contributed by atoms with van der Waals surface area (Å²) in [6, 6.07) is 29.7. The molecule has 8 atom stereocenters. The highest BCUT2D eigenvalue weighted by atomic mass is 31.2. The molecule has 410 valence electrons. The highest BCUT2D eigenvalue weighted by Crippen LogP contribution is 2.56. The van der Waals surface area contributed by atoms with E-state index in [4.69, 9.17) is 50.8 Å². The molecule has 2 aliphatic heterocycles. The zero-order valence-corrected chi connectivity index (χ0v) is 44.5. The van der Waals surface area contributed by atoms with Gasteiger partial charge in [0.2, 0.25) is 0 Å². The number of nitrogens with one attached hydrogen (secondary N) is 2. The lowest BCUT2D eigenvalue weighted by molar-refractivity contribution is -0.384. The van der Waals surface area contributed by atoms with Crippen LogP contribution in [0.5, 0.6) is 11.5 Å². The molecule has 2 fully saturated rings. The lowest BCUT2D eigenvalue weighted by Gasteiger charge is -2.37. The predicted molar refractivity (Wildman–Crippen MR) is 275 cm³/mol. The predicted octanol–water partition coefficient (Wildman–Crippen LogP) is 6.77. The molecule has 4 heterocycles. The molecule has 6 aromatic rings. The van der Waals surface area contributed by atoms with Crippen LogP contribution in [0.4, 0.5) is 5.69 Å². The van der Waals surface area contributed by atoms with Crippen molar-refractivity contribution in [3.63, 3.8) is 0 Å². The molecule has 26 heteroatoms. The molecular formula is C51H57N5O19P2. The van der Waals surface area contributed by atoms with Crippen molar-refractivity contribution >= 4 is 21.3 Å². The number of benzene rings is 4. The van der Waals surface area contributed by atoms with E-state index in [1.54, 1.807) is 38.5 Å². The maximum Gasteiger partial charge on any atom is 0.474 e. The van der Waals surface area contributed by atoms with Gasteiger partial charge in [-0.25, -0.2) is 18.7 Å². The van der Waals surface area contributed by atoms with E-state index >= 15 is 0 Å². The molecule has 4 aromatic carbocycles. The number of non-ortho nitro benzene ring substituents is 1. The molecule has 77 heavy (non-hydrogen) atoms. The van der Waals surface area contributed by atoms with Crippen LogP contribution in [-0.4, -0.2) is 96.7 Å². The van der Waals surface area contributed by atoms with Gasteiger partial charge in [-0.15, -0.1) is 0 Å². The Hall–Kier alpha value is -6.66. The van der Waals surface area contributed by atoms with Gasteiger partial charge in [-0.05, 0) is 66.8 Å². The lowest BCUT2D eigenvalue weighted by atomic mass is 9.80. The van der Waals surface area contributed by atoms with Gasteiger partial charge in [-0.1, -0.05) is 66.7 Å².